The Morgan fingerprint density at radius 1 is 0.667 bits per heavy atom. The van der Waals surface area contributed by atoms with Crippen molar-refractivity contribution in [2.24, 2.45) is 0 Å². The van der Waals surface area contributed by atoms with Crippen LogP contribution in [0.5, 0.6) is 0 Å². The molecule has 0 amide bonds. The number of aliphatic hydroxyl groups excluding tert-OH is 5. The molecular weight excluding hydrogens is 388 g/mol. The standard InChI is InChI=1S/C23H46O7/c1-2-3-4-5-6-7-8-9-10-11-12-13-14-15-16-17-20(26)30-23(29)22(28)21(27)19(25)18-24/h19,21-25,27-29H,2-18H2,1H3/t19-,21-,22+,23?/m1/s1. The van der Waals surface area contributed by atoms with Gasteiger partial charge in [-0.3, -0.25) is 4.79 Å². The molecule has 0 rings (SSSR count). The molecule has 0 aliphatic heterocycles. The average Bonchev–Trinajstić information content (AvgIpc) is 2.74. The Kier molecular flexibility index (Phi) is 19.7. The lowest BCUT2D eigenvalue weighted by Crippen LogP contribution is -2.47. The van der Waals surface area contributed by atoms with Crippen LogP contribution in [0.25, 0.3) is 0 Å². The quantitative estimate of drug-likeness (QED) is 0.107. The molecule has 0 aromatic carbocycles. The number of ether oxygens (including phenoxy) is 1. The molecule has 5 N–H and O–H groups in total. The van der Waals surface area contributed by atoms with Gasteiger partial charge in [-0.1, -0.05) is 96.8 Å². The maximum atomic E-state index is 11.7. The second-order valence-corrected chi connectivity index (χ2v) is 8.31. The van der Waals surface area contributed by atoms with Crippen molar-refractivity contribution in [2.45, 2.75) is 134 Å². The number of hydrogen-bond acceptors (Lipinski definition) is 7. The summed E-state index contributed by atoms with van der Waals surface area (Å²) >= 11 is 0. The molecule has 1 unspecified atom stereocenters. The van der Waals surface area contributed by atoms with Crippen molar-refractivity contribution in [1.82, 2.24) is 0 Å². The van der Waals surface area contributed by atoms with E-state index in [1.165, 1.54) is 70.6 Å². The Bertz CT molecular complexity index is 392. The summed E-state index contributed by atoms with van der Waals surface area (Å²) in [4.78, 5) is 11.7. The summed E-state index contributed by atoms with van der Waals surface area (Å²) in [5.74, 6) is -0.665. The fraction of sp³-hybridized carbons (Fsp3) is 0.957. The van der Waals surface area contributed by atoms with E-state index in [0.29, 0.717) is 6.42 Å². The molecular formula is C23H46O7. The van der Waals surface area contributed by atoms with Crippen molar-refractivity contribution in [1.29, 1.82) is 0 Å². The van der Waals surface area contributed by atoms with Gasteiger partial charge in [-0.2, -0.15) is 0 Å². The zero-order valence-electron chi connectivity index (χ0n) is 18.9. The number of aliphatic hydroxyl groups is 5. The van der Waals surface area contributed by atoms with E-state index in [0.717, 1.165) is 19.3 Å². The molecule has 7 heteroatoms. The Hall–Kier alpha value is -0.730. The largest absolute Gasteiger partial charge is 0.433 e. The molecule has 180 valence electrons. The Balaban J connectivity index is 3.48. The zero-order valence-corrected chi connectivity index (χ0v) is 18.9. The smallest absolute Gasteiger partial charge is 0.308 e. The molecule has 0 aromatic rings. The van der Waals surface area contributed by atoms with Crippen LogP contribution in [0.4, 0.5) is 0 Å². The van der Waals surface area contributed by atoms with E-state index in [1.807, 2.05) is 0 Å². The number of carbonyl (C=O) groups excluding carboxylic acids is 1. The fourth-order valence-electron chi connectivity index (χ4n) is 3.41. The topological polar surface area (TPSA) is 127 Å². The lowest BCUT2D eigenvalue weighted by Gasteiger charge is -2.25. The van der Waals surface area contributed by atoms with Crippen LogP contribution in [0.3, 0.4) is 0 Å². The molecule has 0 spiro atoms. The van der Waals surface area contributed by atoms with Crippen molar-refractivity contribution in [3.05, 3.63) is 0 Å². The summed E-state index contributed by atoms with van der Waals surface area (Å²) < 4.78 is 4.66. The van der Waals surface area contributed by atoms with Gasteiger partial charge in [0.05, 0.1) is 6.61 Å². The second-order valence-electron chi connectivity index (χ2n) is 8.31. The van der Waals surface area contributed by atoms with Crippen LogP contribution in [0.1, 0.15) is 110 Å². The molecule has 30 heavy (non-hydrogen) atoms. The number of esters is 1. The van der Waals surface area contributed by atoms with E-state index in [2.05, 4.69) is 11.7 Å². The summed E-state index contributed by atoms with van der Waals surface area (Å²) in [6, 6.07) is 0. The molecule has 0 aliphatic rings. The monoisotopic (exact) mass is 434 g/mol. The minimum atomic E-state index is -1.94. The van der Waals surface area contributed by atoms with Gasteiger partial charge in [0.25, 0.3) is 0 Å². The van der Waals surface area contributed by atoms with Crippen molar-refractivity contribution < 1.29 is 35.1 Å². The van der Waals surface area contributed by atoms with Crippen LogP contribution < -0.4 is 0 Å². The highest BCUT2D eigenvalue weighted by Crippen LogP contribution is 2.14. The molecule has 0 heterocycles. The normalized spacial score (nSPS) is 15.5. The third-order valence-corrected chi connectivity index (χ3v) is 5.46. The third kappa shape index (κ3) is 16.0. The van der Waals surface area contributed by atoms with Gasteiger partial charge in [-0.05, 0) is 6.42 Å². The molecule has 0 radical (unpaired) electrons. The highest BCUT2D eigenvalue weighted by molar-refractivity contribution is 5.69. The molecule has 4 atom stereocenters. The lowest BCUT2D eigenvalue weighted by molar-refractivity contribution is -0.209. The molecule has 0 bridgehead atoms. The van der Waals surface area contributed by atoms with Gasteiger partial charge in [0.2, 0.25) is 6.29 Å². The molecule has 0 saturated heterocycles. The van der Waals surface area contributed by atoms with Crippen molar-refractivity contribution >= 4 is 5.97 Å². The van der Waals surface area contributed by atoms with Crippen LogP contribution in [-0.2, 0) is 9.53 Å². The first-order valence-corrected chi connectivity index (χ1v) is 12.0. The first-order valence-electron chi connectivity index (χ1n) is 12.0. The lowest BCUT2D eigenvalue weighted by atomic mass is 10.0. The summed E-state index contributed by atoms with van der Waals surface area (Å²) in [7, 11) is 0. The van der Waals surface area contributed by atoms with Gasteiger partial charge in [0, 0.05) is 6.42 Å². The van der Waals surface area contributed by atoms with Gasteiger partial charge in [-0.15, -0.1) is 0 Å². The van der Waals surface area contributed by atoms with Crippen LogP contribution in [-0.4, -0.2) is 62.7 Å². The highest BCUT2D eigenvalue weighted by atomic mass is 16.6. The summed E-state index contributed by atoms with van der Waals surface area (Å²) in [6.45, 7) is 1.47. The molecule has 7 nitrogen and oxygen atoms in total. The third-order valence-electron chi connectivity index (χ3n) is 5.46. The summed E-state index contributed by atoms with van der Waals surface area (Å²) in [5, 5.41) is 46.6. The van der Waals surface area contributed by atoms with E-state index in [9.17, 15) is 25.2 Å². The van der Waals surface area contributed by atoms with E-state index in [4.69, 9.17) is 5.11 Å². The van der Waals surface area contributed by atoms with Crippen molar-refractivity contribution in [3.8, 4) is 0 Å². The van der Waals surface area contributed by atoms with Gasteiger partial charge in [0.1, 0.15) is 18.3 Å². The fourth-order valence-corrected chi connectivity index (χ4v) is 3.41. The SMILES string of the molecule is CCCCCCCCCCCCCCCCCC(=O)OC(O)[C@@H](O)[C@H](O)[C@H](O)CO. The predicted molar refractivity (Wildman–Crippen MR) is 117 cm³/mol. The molecule has 0 fully saturated rings. The molecule has 0 aliphatic carbocycles. The van der Waals surface area contributed by atoms with Crippen LogP contribution in [0.2, 0.25) is 0 Å². The number of hydrogen-bond donors (Lipinski definition) is 5. The van der Waals surface area contributed by atoms with Crippen molar-refractivity contribution in [2.75, 3.05) is 6.61 Å². The first kappa shape index (κ1) is 29.3. The van der Waals surface area contributed by atoms with Gasteiger partial charge < -0.3 is 30.3 Å². The highest BCUT2D eigenvalue weighted by Gasteiger charge is 2.32. The minimum Gasteiger partial charge on any atom is -0.433 e. The van der Waals surface area contributed by atoms with Gasteiger partial charge in [0.15, 0.2) is 0 Å². The van der Waals surface area contributed by atoms with E-state index >= 15 is 0 Å². The Morgan fingerprint density at radius 3 is 1.47 bits per heavy atom. The average molecular weight is 435 g/mol. The van der Waals surface area contributed by atoms with Crippen molar-refractivity contribution in [3.63, 3.8) is 0 Å². The van der Waals surface area contributed by atoms with Gasteiger partial charge in [-0.25, -0.2) is 0 Å². The maximum absolute atomic E-state index is 11.7. The van der Waals surface area contributed by atoms with E-state index in [-0.39, 0.29) is 6.42 Å². The van der Waals surface area contributed by atoms with Crippen LogP contribution in [0.15, 0.2) is 0 Å². The van der Waals surface area contributed by atoms with E-state index in [1.54, 1.807) is 0 Å². The minimum absolute atomic E-state index is 0.126. The molecule has 0 aromatic heterocycles. The molecule has 0 saturated carbocycles. The summed E-state index contributed by atoms with van der Waals surface area (Å²) in [6.07, 6.45) is 11.3. The van der Waals surface area contributed by atoms with Gasteiger partial charge >= 0.3 is 5.97 Å². The Morgan fingerprint density at radius 2 is 1.07 bits per heavy atom. The van der Waals surface area contributed by atoms with E-state index < -0.39 is 37.2 Å². The first-order chi connectivity index (χ1) is 14.4. The Labute approximate surface area is 182 Å². The summed E-state index contributed by atoms with van der Waals surface area (Å²) in [5.41, 5.74) is 0. The zero-order chi connectivity index (χ0) is 22.6. The number of rotatable bonds is 21. The predicted octanol–water partition coefficient (Wildman–Crippen LogP) is 3.18. The van der Waals surface area contributed by atoms with Crippen LogP contribution >= 0.6 is 0 Å². The maximum Gasteiger partial charge on any atom is 0.308 e. The second kappa shape index (κ2) is 20.2. The number of unbranched alkanes of at least 4 members (excludes halogenated alkanes) is 14. The van der Waals surface area contributed by atoms with Crippen LogP contribution in [0, 0.1) is 0 Å². The number of carbonyl (C=O) groups is 1.